The first-order valence-corrected chi connectivity index (χ1v) is 9.53. The second-order valence-electron chi connectivity index (χ2n) is 6.45. The number of nitrogens with zero attached hydrogens (tertiary/aromatic N) is 3. The van der Waals surface area contributed by atoms with Gasteiger partial charge in [-0.3, -0.25) is 9.78 Å². The van der Waals surface area contributed by atoms with E-state index in [1.54, 1.807) is 12.4 Å². The van der Waals surface area contributed by atoms with Gasteiger partial charge in [-0.05, 0) is 50.3 Å². The van der Waals surface area contributed by atoms with Crippen LogP contribution in [0.4, 0.5) is 0 Å². The molecule has 5 heteroatoms. The molecule has 27 heavy (non-hydrogen) atoms. The zero-order valence-electron chi connectivity index (χ0n) is 16.0. The Hall–Kier alpha value is -2.79. The number of carbonyl (C=O) groups is 1. The van der Waals surface area contributed by atoms with Crippen molar-refractivity contribution in [2.75, 3.05) is 26.2 Å². The third kappa shape index (κ3) is 4.68. The van der Waals surface area contributed by atoms with Crippen LogP contribution < -0.4 is 5.32 Å². The number of pyridine rings is 2. The van der Waals surface area contributed by atoms with E-state index in [9.17, 15) is 4.79 Å². The lowest BCUT2D eigenvalue weighted by Gasteiger charge is -2.17. The number of carbonyl (C=O) groups excluding carboxylic acids is 1. The Balaban J connectivity index is 1.81. The number of hydrogen-bond acceptors (Lipinski definition) is 4. The molecule has 0 radical (unpaired) electrons. The maximum Gasteiger partial charge on any atom is 0.252 e. The van der Waals surface area contributed by atoms with Gasteiger partial charge in [0.1, 0.15) is 0 Å². The summed E-state index contributed by atoms with van der Waals surface area (Å²) in [5, 5.41) is 3.93. The number of amides is 1. The molecule has 0 atom stereocenters. The number of benzene rings is 1. The van der Waals surface area contributed by atoms with Gasteiger partial charge in [0.2, 0.25) is 0 Å². The highest BCUT2D eigenvalue weighted by molar-refractivity contribution is 6.07. The Morgan fingerprint density at radius 1 is 1.11 bits per heavy atom. The Kier molecular flexibility index (Phi) is 6.49. The first-order valence-electron chi connectivity index (χ1n) is 9.53. The third-order valence-corrected chi connectivity index (χ3v) is 4.75. The second kappa shape index (κ2) is 9.24. The third-order valence-electron chi connectivity index (χ3n) is 4.75. The Morgan fingerprint density at radius 2 is 1.93 bits per heavy atom. The number of aromatic nitrogens is 2. The van der Waals surface area contributed by atoms with E-state index in [4.69, 9.17) is 4.98 Å². The Morgan fingerprint density at radius 3 is 2.67 bits per heavy atom. The summed E-state index contributed by atoms with van der Waals surface area (Å²) in [5.41, 5.74) is 3.13. The van der Waals surface area contributed by atoms with Crippen LogP contribution in [0.15, 0.2) is 54.9 Å². The summed E-state index contributed by atoms with van der Waals surface area (Å²) >= 11 is 0. The molecule has 0 saturated carbocycles. The van der Waals surface area contributed by atoms with Gasteiger partial charge in [-0.2, -0.15) is 0 Å². The average molecular weight is 362 g/mol. The molecule has 140 valence electrons. The molecule has 2 heterocycles. The molecule has 1 aromatic carbocycles. The number of para-hydroxylation sites is 1. The fraction of sp³-hybridized carbons (Fsp3) is 0.318. The summed E-state index contributed by atoms with van der Waals surface area (Å²) in [6.45, 7) is 8.04. The molecule has 1 amide bonds. The van der Waals surface area contributed by atoms with Gasteiger partial charge in [-0.15, -0.1) is 0 Å². The molecule has 5 nitrogen and oxygen atoms in total. The average Bonchev–Trinajstić information content (AvgIpc) is 2.73. The molecule has 3 aromatic rings. The van der Waals surface area contributed by atoms with Crippen LogP contribution in [0.3, 0.4) is 0 Å². The normalized spacial score (nSPS) is 11.1. The first kappa shape index (κ1) is 19.0. The van der Waals surface area contributed by atoms with Crippen molar-refractivity contribution in [1.82, 2.24) is 20.2 Å². The summed E-state index contributed by atoms with van der Waals surface area (Å²) in [7, 11) is 0. The highest BCUT2D eigenvalue weighted by Gasteiger charge is 2.13. The summed E-state index contributed by atoms with van der Waals surface area (Å²) in [6.07, 6.45) is 4.43. The van der Waals surface area contributed by atoms with Gasteiger partial charge in [-0.25, -0.2) is 4.98 Å². The minimum absolute atomic E-state index is 0.0571. The van der Waals surface area contributed by atoms with Crippen LogP contribution in [-0.2, 0) is 0 Å². The number of rotatable bonds is 8. The highest BCUT2D eigenvalue weighted by Crippen LogP contribution is 2.24. The van der Waals surface area contributed by atoms with Gasteiger partial charge in [0.25, 0.3) is 5.91 Å². The van der Waals surface area contributed by atoms with Gasteiger partial charge < -0.3 is 10.2 Å². The van der Waals surface area contributed by atoms with Crippen LogP contribution >= 0.6 is 0 Å². The van der Waals surface area contributed by atoms with Crippen LogP contribution in [0.1, 0.15) is 30.6 Å². The highest BCUT2D eigenvalue weighted by atomic mass is 16.1. The predicted molar refractivity (Wildman–Crippen MR) is 110 cm³/mol. The monoisotopic (exact) mass is 362 g/mol. The molecule has 0 unspecified atom stereocenters. The molecule has 3 rings (SSSR count). The number of hydrogen-bond donors (Lipinski definition) is 1. The van der Waals surface area contributed by atoms with Crippen LogP contribution in [0.2, 0.25) is 0 Å². The van der Waals surface area contributed by atoms with E-state index in [-0.39, 0.29) is 5.91 Å². The van der Waals surface area contributed by atoms with Crippen molar-refractivity contribution in [3.8, 4) is 11.3 Å². The van der Waals surface area contributed by atoms with E-state index in [0.717, 1.165) is 48.2 Å². The van der Waals surface area contributed by atoms with Gasteiger partial charge in [0.15, 0.2) is 0 Å². The topological polar surface area (TPSA) is 58.1 Å². The molecule has 0 fully saturated rings. The standard InChI is InChI=1S/C22H26N4O/c1-3-26(4-2)14-8-13-24-22(27)19-15-21(17-9-7-12-23-16-17)25-20-11-6-5-10-18(19)20/h5-7,9-12,15-16H,3-4,8,13-14H2,1-2H3,(H,24,27). The van der Waals surface area contributed by atoms with Crippen molar-refractivity contribution in [1.29, 1.82) is 0 Å². The SMILES string of the molecule is CCN(CC)CCCNC(=O)c1cc(-c2cccnc2)nc2ccccc12. The molecule has 0 aliphatic heterocycles. The summed E-state index contributed by atoms with van der Waals surface area (Å²) < 4.78 is 0. The van der Waals surface area contributed by atoms with Crippen molar-refractivity contribution >= 4 is 16.8 Å². The van der Waals surface area contributed by atoms with Crippen molar-refractivity contribution in [2.45, 2.75) is 20.3 Å². The smallest absolute Gasteiger partial charge is 0.252 e. The second-order valence-corrected chi connectivity index (χ2v) is 6.45. The molecule has 0 bridgehead atoms. The number of nitrogens with one attached hydrogen (secondary N) is 1. The summed E-state index contributed by atoms with van der Waals surface area (Å²) in [4.78, 5) is 24.1. The summed E-state index contributed by atoms with van der Waals surface area (Å²) in [6, 6.07) is 13.4. The molecule has 0 aliphatic rings. The van der Waals surface area contributed by atoms with Crippen molar-refractivity contribution in [3.63, 3.8) is 0 Å². The minimum Gasteiger partial charge on any atom is -0.352 e. The molecular weight excluding hydrogens is 336 g/mol. The van der Waals surface area contributed by atoms with E-state index >= 15 is 0 Å². The molecule has 0 spiro atoms. The summed E-state index contributed by atoms with van der Waals surface area (Å²) in [5.74, 6) is -0.0571. The van der Waals surface area contributed by atoms with Crippen LogP contribution in [0.25, 0.3) is 22.2 Å². The maximum absolute atomic E-state index is 12.9. The van der Waals surface area contributed by atoms with E-state index in [1.165, 1.54) is 0 Å². The fourth-order valence-electron chi connectivity index (χ4n) is 3.17. The van der Waals surface area contributed by atoms with E-state index in [2.05, 4.69) is 29.0 Å². The van der Waals surface area contributed by atoms with E-state index < -0.39 is 0 Å². The van der Waals surface area contributed by atoms with E-state index in [1.807, 2.05) is 42.5 Å². The van der Waals surface area contributed by atoms with Crippen LogP contribution in [-0.4, -0.2) is 47.0 Å². The van der Waals surface area contributed by atoms with Crippen LogP contribution in [0.5, 0.6) is 0 Å². The van der Waals surface area contributed by atoms with Gasteiger partial charge in [0, 0.05) is 29.9 Å². The van der Waals surface area contributed by atoms with Crippen molar-refractivity contribution in [3.05, 3.63) is 60.4 Å². The van der Waals surface area contributed by atoms with Crippen LogP contribution in [0, 0.1) is 0 Å². The lowest BCUT2D eigenvalue weighted by Crippen LogP contribution is -2.30. The zero-order valence-corrected chi connectivity index (χ0v) is 16.0. The molecule has 1 N–H and O–H groups in total. The van der Waals surface area contributed by atoms with Crippen molar-refractivity contribution < 1.29 is 4.79 Å². The molecule has 0 saturated heterocycles. The first-order chi connectivity index (χ1) is 13.2. The zero-order chi connectivity index (χ0) is 19.1. The predicted octanol–water partition coefficient (Wildman–Crippen LogP) is 3.76. The van der Waals surface area contributed by atoms with E-state index in [0.29, 0.717) is 12.1 Å². The van der Waals surface area contributed by atoms with Gasteiger partial charge >= 0.3 is 0 Å². The Bertz CT molecular complexity index is 891. The largest absolute Gasteiger partial charge is 0.352 e. The minimum atomic E-state index is -0.0571. The van der Waals surface area contributed by atoms with Gasteiger partial charge in [-0.1, -0.05) is 32.0 Å². The lowest BCUT2D eigenvalue weighted by atomic mass is 10.0. The van der Waals surface area contributed by atoms with Crippen molar-refractivity contribution in [2.24, 2.45) is 0 Å². The molecular formula is C22H26N4O. The fourth-order valence-corrected chi connectivity index (χ4v) is 3.17. The quantitative estimate of drug-likeness (QED) is 0.620. The number of fused-ring (bicyclic) bond motifs is 1. The molecule has 0 aliphatic carbocycles. The Labute approximate surface area is 160 Å². The molecule has 2 aromatic heterocycles. The lowest BCUT2D eigenvalue weighted by molar-refractivity contribution is 0.0953. The maximum atomic E-state index is 12.9. The van der Waals surface area contributed by atoms with Gasteiger partial charge in [0.05, 0.1) is 16.8 Å².